The zero-order chi connectivity index (χ0) is 21.6. The first-order chi connectivity index (χ1) is 15.1. The van der Waals surface area contributed by atoms with E-state index in [0.717, 1.165) is 48.4 Å². The Morgan fingerprint density at radius 3 is 2.84 bits per heavy atom. The number of nitrogens with one attached hydrogen (secondary N) is 1. The summed E-state index contributed by atoms with van der Waals surface area (Å²) >= 11 is 0. The second kappa shape index (κ2) is 9.96. The predicted octanol–water partition coefficient (Wildman–Crippen LogP) is 4.42. The third kappa shape index (κ3) is 5.07. The Morgan fingerprint density at radius 2 is 2.03 bits per heavy atom. The molecular formula is C25H31N3O3. The van der Waals surface area contributed by atoms with E-state index < -0.39 is 0 Å². The van der Waals surface area contributed by atoms with Crippen molar-refractivity contribution in [3.05, 3.63) is 59.9 Å². The summed E-state index contributed by atoms with van der Waals surface area (Å²) < 4.78 is 13.8. The van der Waals surface area contributed by atoms with E-state index in [-0.39, 0.29) is 12.0 Å². The Bertz CT molecular complexity index is 1020. The molecule has 0 aliphatic carbocycles. The van der Waals surface area contributed by atoms with E-state index in [4.69, 9.17) is 14.5 Å². The van der Waals surface area contributed by atoms with Gasteiger partial charge >= 0.3 is 0 Å². The van der Waals surface area contributed by atoms with Gasteiger partial charge in [0, 0.05) is 13.2 Å². The van der Waals surface area contributed by atoms with Crippen LogP contribution >= 0.6 is 0 Å². The van der Waals surface area contributed by atoms with Crippen molar-refractivity contribution in [2.24, 2.45) is 0 Å². The third-order valence-electron chi connectivity index (χ3n) is 5.70. The Kier molecular flexibility index (Phi) is 6.87. The first kappa shape index (κ1) is 21.4. The second-order valence-electron chi connectivity index (χ2n) is 8.28. The van der Waals surface area contributed by atoms with Crippen LogP contribution in [0.4, 0.5) is 0 Å². The van der Waals surface area contributed by atoms with Crippen molar-refractivity contribution >= 4 is 16.9 Å². The molecule has 1 unspecified atom stereocenters. The molecule has 0 spiro atoms. The molecule has 31 heavy (non-hydrogen) atoms. The maximum Gasteiger partial charge on any atom is 0.249 e. The number of nitrogens with zero attached hydrogens (tertiary/aromatic N) is 2. The van der Waals surface area contributed by atoms with E-state index >= 15 is 0 Å². The predicted molar refractivity (Wildman–Crippen MR) is 121 cm³/mol. The molecule has 1 amide bonds. The largest absolute Gasteiger partial charge is 0.493 e. The lowest BCUT2D eigenvalue weighted by atomic mass is 10.0. The van der Waals surface area contributed by atoms with Crippen molar-refractivity contribution in [3.63, 3.8) is 0 Å². The van der Waals surface area contributed by atoms with Gasteiger partial charge in [-0.05, 0) is 48.9 Å². The zero-order valence-electron chi connectivity index (χ0n) is 18.3. The second-order valence-corrected chi connectivity index (χ2v) is 8.28. The zero-order valence-corrected chi connectivity index (χ0v) is 18.3. The summed E-state index contributed by atoms with van der Waals surface area (Å²) in [6.07, 6.45) is 2.25. The quantitative estimate of drug-likeness (QED) is 0.519. The number of imidazole rings is 1. The summed E-state index contributed by atoms with van der Waals surface area (Å²) in [7, 11) is 0. The van der Waals surface area contributed by atoms with E-state index in [1.807, 2.05) is 30.3 Å². The molecule has 164 valence electrons. The lowest BCUT2D eigenvalue weighted by molar-refractivity contribution is -0.130. The molecule has 1 N–H and O–H groups in total. The van der Waals surface area contributed by atoms with Crippen LogP contribution in [0.1, 0.15) is 50.4 Å². The maximum absolute atomic E-state index is 12.4. The number of carbonyl (C=O) groups is 1. The van der Waals surface area contributed by atoms with Crippen LogP contribution in [0.2, 0.25) is 0 Å². The average molecular weight is 422 g/mol. The average Bonchev–Trinajstić information content (AvgIpc) is 3.44. The Hall–Kier alpha value is -2.86. The van der Waals surface area contributed by atoms with Crippen LogP contribution in [0.3, 0.4) is 0 Å². The molecule has 3 aromatic rings. The Labute approximate surface area is 183 Å². The van der Waals surface area contributed by atoms with Gasteiger partial charge in [-0.3, -0.25) is 4.79 Å². The topological polar surface area (TPSA) is 65.4 Å². The van der Waals surface area contributed by atoms with Gasteiger partial charge in [-0.2, -0.15) is 0 Å². The summed E-state index contributed by atoms with van der Waals surface area (Å²) in [4.78, 5) is 17.1. The fourth-order valence-electron chi connectivity index (χ4n) is 4.07. The number of fused-ring (bicyclic) bond motifs is 1. The Morgan fingerprint density at radius 1 is 1.23 bits per heavy atom. The molecule has 0 saturated carbocycles. The Balaban J connectivity index is 1.40. The standard InChI is InChI=1S/C25H31N3O3/c1-18(2)19-9-3-6-12-22(19)30-16-8-14-28-21-11-5-4-10-20(21)27-24(28)17-26-25(29)23-13-7-15-31-23/h3-6,9-12,18,23H,7-8,13-17H2,1-2H3,(H,26,29). The highest BCUT2D eigenvalue weighted by molar-refractivity contribution is 5.81. The molecule has 4 rings (SSSR count). The minimum atomic E-state index is -0.327. The third-order valence-corrected chi connectivity index (χ3v) is 5.70. The van der Waals surface area contributed by atoms with Gasteiger partial charge in [0.1, 0.15) is 17.7 Å². The number of rotatable bonds is 9. The monoisotopic (exact) mass is 421 g/mol. The molecule has 1 fully saturated rings. The minimum absolute atomic E-state index is 0.0512. The number of aromatic nitrogens is 2. The summed E-state index contributed by atoms with van der Waals surface area (Å²) in [6.45, 7) is 6.81. The van der Waals surface area contributed by atoms with Gasteiger partial charge in [0.25, 0.3) is 0 Å². The number of hydrogen-bond acceptors (Lipinski definition) is 4. The molecule has 2 heterocycles. The fourth-order valence-corrected chi connectivity index (χ4v) is 4.07. The molecule has 2 aromatic carbocycles. The van der Waals surface area contributed by atoms with Crippen molar-refractivity contribution < 1.29 is 14.3 Å². The molecule has 6 heteroatoms. The fraction of sp³-hybridized carbons (Fsp3) is 0.440. The number of hydrogen-bond donors (Lipinski definition) is 1. The molecule has 0 bridgehead atoms. The molecule has 1 atom stereocenters. The first-order valence-electron chi connectivity index (χ1n) is 11.2. The van der Waals surface area contributed by atoms with E-state index in [1.54, 1.807) is 0 Å². The van der Waals surface area contributed by atoms with Gasteiger partial charge in [-0.15, -0.1) is 0 Å². The van der Waals surface area contributed by atoms with Gasteiger partial charge in [0.2, 0.25) is 5.91 Å². The van der Waals surface area contributed by atoms with Crippen molar-refractivity contribution in [1.29, 1.82) is 0 Å². The van der Waals surface area contributed by atoms with Crippen LogP contribution in [0.15, 0.2) is 48.5 Å². The summed E-state index contributed by atoms with van der Waals surface area (Å²) in [5, 5.41) is 3.00. The molecule has 6 nitrogen and oxygen atoms in total. The number of aryl methyl sites for hydroxylation is 1. The number of amides is 1. The van der Waals surface area contributed by atoms with Crippen molar-refractivity contribution in [1.82, 2.24) is 14.9 Å². The van der Waals surface area contributed by atoms with Crippen molar-refractivity contribution in [2.75, 3.05) is 13.2 Å². The highest BCUT2D eigenvalue weighted by Gasteiger charge is 2.23. The lowest BCUT2D eigenvalue weighted by Gasteiger charge is -2.15. The number of benzene rings is 2. The SMILES string of the molecule is CC(C)c1ccccc1OCCCn1c(CNC(=O)C2CCCO2)nc2ccccc21. The highest BCUT2D eigenvalue weighted by atomic mass is 16.5. The lowest BCUT2D eigenvalue weighted by Crippen LogP contribution is -2.34. The van der Waals surface area contributed by atoms with Gasteiger partial charge < -0.3 is 19.4 Å². The van der Waals surface area contributed by atoms with Crippen LogP contribution in [0.25, 0.3) is 11.0 Å². The minimum Gasteiger partial charge on any atom is -0.493 e. The van der Waals surface area contributed by atoms with Gasteiger partial charge in [-0.1, -0.05) is 44.2 Å². The van der Waals surface area contributed by atoms with Crippen LogP contribution < -0.4 is 10.1 Å². The summed E-state index contributed by atoms with van der Waals surface area (Å²) in [5.41, 5.74) is 3.24. The smallest absolute Gasteiger partial charge is 0.249 e. The van der Waals surface area contributed by atoms with Gasteiger partial charge in [-0.25, -0.2) is 4.98 Å². The van der Waals surface area contributed by atoms with Crippen LogP contribution in [-0.4, -0.2) is 34.8 Å². The number of para-hydroxylation sites is 3. The van der Waals surface area contributed by atoms with Gasteiger partial charge in [0.15, 0.2) is 0 Å². The molecule has 1 saturated heterocycles. The molecule has 0 radical (unpaired) electrons. The molecule has 1 aliphatic heterocycles. The normalized spacial score (nSPS) is 16.2. The first-order valence-corrected chi connectivity index (χ1v) is 11.2. The van der Waals surface area contributed by atoms with Crippen molar-refractivity contribution in [2.45, 2.75) is 58.2 Å². The molecular weight excluding hydrogens is 390 g/mol. The van der Waals surface area contributed by atoms with Crippen molar-refractivity contribution in [3.8, 4) is 5.75 Å². The van der Waals surface area contributed by atoms with E-state index in [2.05, 4.69) is 41.9 Å². The van der Waals surface area contributed by atoms with E-state index in [0.29, 0.717) is 25.7 Å². The maximum atomic E-state index is 12.4. The van der Waals surface area contributed by atoms with E-state index in [9.17, 15) is 4.79 Å². The summed E-state index contributed by atoms with van der Waals surface area (Å²) in [5.74, 6) is 2.18. The molecule has 1 aromatic heterocycles. The number of carbonyl (C=O) groups excluding carboxylic acids is 1. The highest BCUT2D eigenvalue weighted by Crippen LogP contribution is 2.26. The van der Waals surface area contributed by atoms with Crippen LogP contribution in [-0.2, 0) is 22.6 Å². The number of ether oxygens (including phenoxy) is 2. The van der Waals surface area contributed by atoms with E-state index in [1.165, 1.54) is 5.56 Å². The summed E-state index contributed by atoms with van der Waals surface area (Å²) in [6, 6.07) is 16.3. The molecule has 1 aliphatic rings. The van der Waals surface area contributed by atoms with Gasteiger partial charge in [0.05, 0.1) is 24.2 Å². The van der Waals surface area contributed by atoms with Crippen LogP contribution in [0, 0.1) is 0 Å². The van der Waals surface area contributed by atoms with Crippen LogP contribution in [0.5, 0.6) is 5.75 Å².